The molecular weight excluding hydrogens is 228 g/mol. The molecule has 2 unspecified atom stereocenters. The maximum atomic E-state index is 11.1. The fourth-order valence-electron chi connectivity index (χ4n) is 2.58. The van der Waals surface area contributed by atoms with Crippen molar-refractivity contribution in [1.29, 1.82) is 0 Å². The van der Waals surface area contributed by atoms with Crippen molar-refractivity contribution in [3.63, 3.8) is 0 Å². The molecule has 2 atom stereocenters. The Kier molecular flexibility index (Phi) is 4.18. The van der Waals surface area contributed by atoms with E-state index < -0.39 is 5.97 Å². The summed E-state index contributed by atoms with van der Waals surface area (Å²) in [5.74, 6) is 0.145. The first kappa shape index (κ1) is 12.9. The smallest absolute Gasteiger partial charge is 0.339 e. The monoisotopic (exact) mass is 248 g/mol. The van der Waals surface area contributed by atoms with Gasteiger partial charge in [0.2, 0.25) is 0 Å². The van der Waals surface area contributed by atoms with E-state index in [1.54, 1.807) is 18.3 Å². The first-order valence-corrected chi connectivity index (χ1v) is 6.63. The third-order valence-corrected chi connectivity index (χ3v) is 3.72. The number of carboxylic acids is 1. The number of nitrogens with one attached hydrogen (secondary N) is 1. The Hall–Kier alpha value is -1.58. The molecular formula is C14H20N2O2. The van der Waals surface area contributed by atoms with Crippen LogP contribution in [0.15, 0.2) is 18.3 Å². The normalized spacial score (nSPS) is 24.3. The minimum absolute atomic E-state index is 0.258. The van der Waals surface area contributed by atoms with Crippen LogP contribution in [0.1, 0.15) is 49.4 Å². The van der Waals surface area contributed by atoms with E-state index in [-0.39, 0.29) is 5.56 Å². The Bertz CT molecular complexity index is 420. The van der Waals surface area contributed by atoms with Crippen LogP contribution in [0.4, 0.5) is 5.82 Å². The maximum absolute atomic E-state index is 11.1. The molecule has 1 aromatic rings. The third kappa shape index (κ3) is 3.00. The topological polar surface area (TPSA) is 62.2 Å². The lowest BCUT2D eigenvalue weighted by Crippen LogP contribution is -2.27. The van der Waals surface area contributed by atoms with Crippen LogP contribution in [-0.4, -0.2) is 22.1 Å². The van der Waals surface area contributed by atoms with Crippen molar-refractivity contribution in [2.45, 2.75) is 45.1 Å². The second-order valence-corrected chi connectivity index (χ2v) is 5.07. The Morgan fingerprint density at radius 3 is 2.94 bits per heavy atom. The van der Waals surface area contributed by atoms with Crippen molar-refractivity contribution < 1.29 is 9.90 Å². The van der Waals surface area contributed by atoms with Gasteiger partial charge in [-0.25, -0.2) is 9.78 Å². The third-order valence-electron chi connectivity index (χ3n) is 3.72. The Balaban J connectivity index is 2.14. The van der Waals surface area contributed by atoms with Crippen molar-refractivity contribution in [1.82, 2.24) is 4.98 Å². The van der Waals surface area contributed by atoms with E-state index >= 15 is 0 Å². The average molecular weight is 248 g/mol. The number of hydrogen-bond acceptors (Lipinski definition) is 3. The summed E-state index contributed by atoms with van der Waals surface area (Å²) in [6.45, 7) is 2.23. The highest BCUT2D eigenvalue weighted by atomic mass is 16.4. The summed E-state index contributed by atoms with van der Waals surface area (Å²) in [4.78, 5) is 15.3. The first-order chi connectivity index (χ1) is 8.68. The largest absolute Gasteiger partial charge is 0.478 e. The fraction of sp³-hybridized carbons (Fsp3) is 0.571. The molecule has 98 valence electrons. The van der Waals surface area contributed by atoms with Gasteiger partial charge >= 0.3 is 5.97 Å². The molecule has 2 rings (SSSR count). The van der Waals surface area contributed by atoms with Crippen molar-refractivity contribution in [2.75, 3.05) is 5.32 Å². The molecule has 0 amide bonds. The molecule has 0 aliphatic heterocycles. The lowest BCUT2D eigenvalue weighted by atomic mass is 9.97. The molecule has 1 saturated carbocycles. The van der Waals surface area contributed by atoms with Gasteiger partial charge in [0.25, 0.3) is 0 Å². The van der Waals surface area contributed by atoms with Crippen LogP contribution in [-0.2, 0) is 0 Å². The molecule has 1 heterocycles. The molecule has 0 saturated heterocycles. The van der Waals surface area contributed by atoms with Crippen LogP contribution in [0.3, 0.4) is 0 Å². The van der Waals surface area contributed by atoms with Gasteiger partial charge in [0.05, 0.1) is 0 Å². The molecule has 18 heavy (non-hydrogen) atoms. The van der Waals surface area contributed by atoms with Gasteiger partial charge in [-0.2, -0.15) is 0 Å². The number of aromatic carboxylic acids is 1. The quantitative estimate of drug-likeness (QED) is 0.806. The SMILES string of the molecule is CC1CCCCCC1Nc1ncccc1C(=O)O. The van der Waals surface area contributed by atoms with Crippen LogP contribution in [0.2, 0.25) is 0 Å². The fourth-order valence-corrected chi connectivity index (χ4v) is 2.58. The zero-order valence-electron chi connectivity index (χ0n) is 10.7. The Morgan fingerprint density at radius 2 is 2.17 bits per heavy atom. The summed E-state index contributed by atoms with van der Waals surface area (Å²) in [5, 5.41) is 12.5. The Labute approximate surface area is 107 Å². The van der Waals surface area contributed by atoms with Gasteiger partial charge in [-0.3, -0.25) is 0 Å². The Morgan fingerprint density at radius 1 is 1.39 bits per heavy atom. The summed E-state index contributed by atoms with van der Waals surface area (Å²) in [6.07, 6.45) is 7.68. The number of hydrogen-bond donors (Lipinski definition) is 2. The van der Waals surface area contributed by atoms with E-state index in [1.165, 1.54) is 25.7 Å². The van der Waals surface area contributed by atoms with Gasteiger partial charge in [0, 0.05) is 12.2 Å². The predicted octanol–water partition coefficient (Wildman–Crippen LogP) is 3.16. The summed E-state index contributed by atoms with van der Waals surface area (Å²) < 4.78 is 0. The van der Waals surface area contributed by atoms with Gasteiger partial charge in [0.15, 0.2) is 0 Å². The minimum atomic E-state index is -0.924. The lowest BCUT2D eigenvalue weighted by molar-refractivity contribution is 0.0697. The molecule has 1 aromatic heterocycles. The maximum Gasteiger partial charge on any atom is 0.339 e. The highest BCUT2D eigenvalue weighted by molar-refractivity contribution is 5.93. The molecule has 2 N–H and O–H groups in total. The molecule has 1 aliphatic rings. The number of carbonyl (C=O) groups is 1. The van der Waals surface area contributed by atoms with E-state index in [1.807, 2.05) is 0 Å². The van der Waals surface area contributed by atoms with Crippen molar-refractivity contribution in [3.05, 3.63) is 23.9 Å². The number of pyridine rings is 1. The number of anilines is 1. The average Bonchev–Trinajstić information content (AvgIpc) is 2.55. The standard InChI is InChI=1S/C14H20N2O2/c1-10-6-3-2-4-8-12(10)16-13-11(14(17)18)7-5-9-15-13/h5,7,9-10,12H,2-4,6,8H2,1H3,(H,15,16)(H,17,18). The minimum Gasteiger partial charge on any atom is -0.478 e. The summed E-state index contributed by atoms with van der Waals surface area (Å²) in [6, 6.07) is 3.59. The van der Waals surface area contributed by atoms with Crippen LogP contribution < -0.4 is 5.32 Å². The number of nitrogens with zero attached hydrogens (tertiary/aromatic N) is 1. The summed E-state index contributed by atoms with van der Waals surface area (Å²) in [7, 11) is 0. The second kappa shape index (κ2) is 5.85. The summed E-state index contributed by atoms with van der Waals surface area (Å²) >= 11 is 0. The van der Waals surface area contributed by atoms with Crippen molar-refractivity contribution >= 4 is 11.8 Å². The number of rotatable bonds is 3. The van der Waals surface area contributed by atoms with Crippen LogP contribution >= 0.6 is 0 Å². The first-order valence-electron chi connectivity index (χ1n) is 6.63. The lowest BCUT2D eigenvalue weighted by Gasteiger charge is -2.24. The van der Waals surface area contributed by atoms with Gasteiger partial charge in [-0.15, -0.1) is 0 Å². The summed E-state index contributed by atoms with van der Waals surface area (Å²) in [5.41, 5.74) is 0.258. The van der Waals surface area contributed by atoms with E-state index in [0.29, 0.717) is 17.8 Å². The van der Waals surface area contributed by atoms with Crippen LogP contribution in [0.5, 0.6) is 0 Å². The molecule has 0 aromatic carbocycles. The van der Waals surface area contributed by atoms with Gasteiger partial charge in [0.1, 0.15) is 11.4 Å². The van der Waals surface area contributed by atoms with Crippen LogP contribution in [0, 0.1) is 5.92 Å². The van der Waals surface area contributed by atoms with E-state index in [2.05, 4.69) is 17.2 Å². The highest BCUT2D eigenvalue weighted by Gasteiger charge is 2.22. The van der Waals surface area contributed by atoms with Gasteiger partial charge in [-0.05, 0) is 30.9 Å². The molecule has 1 aliphatic carbocycles. The molecule has 0 bridgehead atoms. The molecule has 0 spiro atoms. The molecule has 4 nitrogen and oxygen atoms in total. The predicted molar refractivity (Wildman–Crippen MR) is 70.9 cm³/mol. The van der Waals surface area contributed by atoms with Gasteiger partial charge < -0.3 is 10.4 Å². The molecule has 0 radical (unpaired) electrons. The highest BCUT2D eigenvalue weighted by Crippen LogP contribution is 2.26. The molecule has 4 heteroatoms. The number of carboxylic acid groups (broad SMARTS) is 1. The van der Waals surface area contributed by atoms with E-state index in [0.717, 1.165) is 6.42 Å². The van der Waals surface area contributed by atoms with E-state index in [9.17, 15) is 4.79 Å². The van der Waals surface area contributed by atoms with Crippen molar-refractivity contribution in [3.8, 4) is 0 Å². The van der Waals surface area contributed by atoms with Gasteiger partial charge in [-0.1, -0.05) is 26.2 Å². The van der Waals surface area contributed by atoms with Crippen LogP contribution in [0.25, 0.3) is 0 Å². The zero-order chi connectivity index (χ0) is 13.0. The van der Waals surface area contributed by atoms with Crippen molar-refractivity contribution in [2.24, 2.45) is 5.92 Å². The zero-order valence-corrected chi connectivity index (χ0v) is 10.7. The van der Waals surface area contributed by atoms with E-state index in [4.69, 9.17) is 5.11 Å². The number of aromatic nitrogens is 1. The molecule has 1 fully saturated rings. The second-order valence-electron chi connectivity index (χ2n) is 5.07.